The Balaban J connectivity index is 1.56. The van der Waals surface area contributed by atoms with Gasteiger partial charge in [0.1, 0.15) is 24.0 Å². The first-order valence-electron chi connectivity index (χ1n) is 9.23. The second kappa shape index (κ2) is 10.3. The van der Waals surface area contributed by atoms with E-state index >= 15 is 0 Å². The summed E-state index contributed by atoms with van der Waals surface area (Å²) in [6, 6.07) is 14.4. The van der Waals surface area contributed by atoms with Crippen LogP contribution in [0.3, 0.4) is 0 Å². The molecule has 0 saturated carbocycles. The second-order valence-corrected chi connectivity index (χ2v) is 7.44. The largest absolute Gasteiger partial charge is 0.489 e. The number of hydrogen-bond donors (Lipinski definition) is 1. The van der Waals surface area contributed by atoms with Gasteiger partial charge in [0, 0.05) is 13.2 Å². The van der Waals surface area contributed by atoms with E-state index in [0.29, 0.717) is 28.9 Å². The molecule has 1 heterocycles. The van der Waals surface area contributed by atoms with Gasteiger partial charge in [-0.2, -0.15) is 5.26 Å². The van der Waals surface area contributed by atoms with Gasteiger partial charge in [0.05, 0.1) is 16.1 Å². The zero-order chi connectivity index (χ0) is 20.6. The number of amides is 1. The summed E-state index contributed by atoms with van der Waals surface area (Å²) in [5.74, 6) is 0.262. The molecule has 7 heteroatoms. The average molecular weight is 431 g/mol. The van der Waals surface area contributed by atoms with Crippen LogP contribution in [0.2, 0.25) is 10.0 Å². The molecule has 1 N–H and O–H groups in total. The molecule has 150 valence electrons. The predicted octanol–water partition coefficient (Wildman–Crippen LogP) is 4.77. The van der Waals surface area contributed by atoms with Crippen molar-refractivity contribution >= 4 is 35.2 Å². The van der Waals surface area contributed by atoms with E-state index in [1.54, 1.807) is 42.5 Å². The van der Waals surface area contributed by atoms with Gasteiger partial charge in [-0.1, -0.05) is 41.4 Å². The van der Waals surface area contributed by atoms with E-state index in [-0.39, 0.29) is 11.7 Å². The summed E-state index contributed by atoms with van der Waals surface area (Å²) in [7, 11) is 0. The molecule has 0 bridgehead atoms. The highest BCUT2D eigenvalue weighted by molar-refractivity contribution is 6.42. The van der Waals surface area contributed by atoms with Crippen LogP contribution in [0.1, 0.15) is 24.0 Å². The van der Waals surface area contributed by atoms with Crippen molar-refractivity contribution < 1.29 is 14.3 Å². The highest BCUT2D eigenvalue weighted by atomic mass is 35.5. The van der Waals surface area contributed by atoms with E-state index in [9.17, 15) is 10.1 Å². The number of carbonyl (C=O) groups excluding carboxylic acids is 1. The summed E-state index contributed by atoms with van der Waals surface area (Å²) >= 11 is 11.9. The van der Waals surface area contributed by atoms with Gasteiger partial charge in [-0.25, -0.2) is 0 Å². The maximum Gasteiger partial charge on any atom is 0.262 e. The zero-order valence-electron chi connectivity index (χ0n) is 15.7. The maximum absolute atomic E-state index is 12.2. The van der Waals surface area contributed by atoms with Crippen LogP contribution in [0.4, 0.5) is 0 Å². The third-order valence-electron chi connectivity index (χ3n) is 4.46. The van der Waals surface area contributed by atoms with Gasteiger partial charge in [0.15, 0.2) is 0 Å². The van der Waals surface area contributed by atoms with Gasteiger partial charge >= 0.3 is 0 Å². The van der Waals surface area contributed by atoms with Crippen molar-refractivity contribution in [3.05, 3.63) is 69.2 Å². The molecule has 1 aliphatic rings. The molecule has 0 aromatic heterocycles. The van der Waals surface area contributed by atoms with Crippen LogP contribution in [0.25, 0.3) is 6.08 Å². The smallest absolute Gasteiger partial charge is 0.262 e. The molecule has 0 spiro atoms. The van der Waals surface area contributed by atoms with E-state index in [0.717, 1.165) is 30.6 Å². The molecular weight excluding hydrogens is 411 g/mol. The first-order chi connectivity index (χ1) is 14.0. The lowest BCUT2D eigenvalue weighted by Gasteiger charge is -2.10. The van der Waals surface area contributed by atoms with Crippen molar-refractivity contribution in [1.29, 1.82) is 5.26 Å². The fourth-order valence-electron chi connectivity index (χ4n) is 2.88. The molecule has 1 amide bonds. The SMILES string of the molecule is N#C/C(=C\c1ccc(OCc2ccc(Cl)c(Cl)c2)cc1)C(=O)NC[C@H]1CCCO1. The molecule has 5 nitrogen and oxygen atoms in total. The first kappa shape index (κ1) is 21.2. The third-order valence-corrected chi connectivity index (χ3v) is 5.20. The summed E-state index contributed by atoms with van der Waals surface area (Å²) in [5, 5.41) is 13.0. The number of nitrogens with zero attached hydrogens (tertiary/aromatic N) is 1. The van der Waals surface area contributed by atoms with Crippen LogP contribution in [0.15, 0.2) is 48.0 Å². The van der Waals surface area contributed by atoms with Crippen molar-refractivity contribution in [1.82, 2.24) is 5.32 Å². The highest BCUT2D eigenvalue weighted by Crippen LogP contribution is 2.23. The Labute approximate surface area is 179 Å². The van der Waals surface area contributed by atoms with Gasteiger partial charge < -0.3 is 14.8 Å². The molecular formula is C22H20Cl2N2O3. The number of ether oxygens (including phenoxy) is 2. The monoisotopic (exact) mass is 430 g/mol. The Morgan fingerprint density at radius 2 is 2.03 bits per heavy atom. The van der Waals surface area contributed by atoms with Gasteiger partial charge in [0.25, 0.3) is 5.91 Å². The minimum Gasteiger partial charge on any atom is -0.489 e. The zero-order valence-corrected chi connectivity index (χ0v) is 17.2. The molecule has 1 saturated heterocycles. The summed E-state index contributed by atoms with van der Waals surface area (Å²) < 4.78 is 11.2. The van der Waals surface area contributed by atoms with Crippen LogP contribution in [-0.2, 0) is 16.1 Å². The average Bonchev–Trinajstić information content (AvgIpc) is 3.25. The Hall–Kier alpha value is -2.52. The fraction of sp³-hybridized carbons (Fsp3) is 0.273. The molecule has 1 aliphatic heterocycles. The molecule has 2 aromatic carbocycles. The number of halogens is 2. The van der Waals surface area contributed by atoms with Crippen LogP contribution >= 0.6 is 23.2 Å². The van der Waals surface area contributed by atoms with E-state index in [1.807, 2.05) is 12.1 Å². The number of carbonyl (C=O) groups is 1. The molecule has 1 atom stereocenters. The summed E-state index contributed by atoms with van der Waals surface area (Å²) in [5.41, 5.74) is 1.68. The Kier molecular flexibility index (Phi) is 7.54. The van der Waals surface area contributed by atoms with Gasteiger partial charge in [0.2, 0.25) is 0 Å². The number of rotatable bonds is 7. The van der Waals surface area contributed by atoms with Crippen LogP contribution in [-0.4, -0.2) is 25.2 Å². The van der Waals surface area contributed by atoms with Crippen molar-refractivity contribution in [3.63, 3.8) is 0 Å². The van der Waals surface area contributed by atoms with Crippen LogP contribution in [0.5, 0.6) is 5.75 Å². The molecule has 0 radical (unpaired) electrons. The number of nitrogens with one attached hydrogen (secondary N) is 1. The van der Waals surface area contributed by atoms with E-state index in [1.165, 1.54) is 0 Å². The molecule has 1 fully saturated rings. The molecule has 2 aromatic rings. The van der Waals surface area contributed by atoms with Crippen molar-refractivity contribution in [2.24, 2.45) is 0 Å². The molecule has 0 aliphatic carbocycles. The van der Waals surface area contributed by atoms with Crippen molar-refractivity contribution in [3.8, 4) is 11.8 Å². The van der Waals surface area contributed by atoms with E-state index < -0.39 is 5.91 Å². The minimum absolute atomic E-state index is 0.0332. The lowest BCUT2D eigenvalue weighted by atomic mass is 10.1. The third kappa shape index (κ3) is 6.23. The molecule has 3 rings (SSSR count). The number of benzene rings is 2. The Morgan fingerprint density at radius 3 is 2.69 bits per heavy atom. The Bertz CT molecular complexity index is 930. The lowest BCUT2D eigenvalue weighted by molar-refractivity contribution is -0.117. The molecule has 29 heavy (non-hydrogen) atoms. The van der Waals surface area contributed by atoms with Crippen LogP contribution < -0.4 is 10.1 Å². The lowest BCUT2D eigenvalue weighted by Crippen LogP contribution is -2.32. The van der Waals surface area contributed by atoms with Gasteiger partial charge in [-0.3, -0.25) is 4.79 Å². The van der Waals surface area contributed by atoms with E-state index in [2.05, 4.69) is 5.32 Å². The maximum atomic E-state index is 12.2. The number of hydrogen-bond acceptors (Lipinski definition) is 4. The standard InChI is InChI=1S/C22H20Cl2N2O3/c23-20-8-5-16(11-21(20)24)14-29-18-6-3-15(4-7-18)10-17(12-25)22(27)26-13-19-2-1-9-28-19/h3-8,10-11,19H,1-2,9,13-14H2,(H,26,27)/b17-10+/t19-/m1/s1. The summed E-state index contributed by atoms with van der Waals surface area (Å²) in [4.78, 5) is 12.2. The summed E-state index contributed by atoms with van der Waals surface area (Å²) in [6.07, 6.45) is 3.51. The minimum atomic E-state index is -0.400. The fourth-order valence-corrected chi connectivity index (χ4v) is 3.20. The van der Waals surface area contributed by atoms with Crippen LogP contribution in [0, 0.1) is 11.3 Å². The quantitative estimate of drug-likeness (QED) is 0.506. The predicted molar refractivity (Wildman–Crippen MR) is 113 cm³/mol. The van der Waals surface area contributed by atoms with Crippen molar-refractivity contribution in [2.45, 2.75) is 25.6 Å². The molecule has 0 unspecified atom stereocenters. The number of nitriles is 1. The van der Waals surface area contributed by atoms with E-state index in [4.69, 9.17) is 32.7 Å². The first-order valence-corrected chi connectivity index (χ1v) is 9.99. The summed E-state index contributed by atoms with van der Waals surface area (Å²) in [6.45, 7) is 1.49. The highest BCUT2D eigenvalue weighted by Gasteiger charge is 2.17. The second-order valence-electron chi connectivity index (χ2n) is 6.62. The Morgan fingerprint density at radius 1 is 1.24 bits per heavy atom. The normalized spacial score (nSPS) is 16.3. The topological polar surface area (TPSA) is 71.3 Å². The van der Waals surface area contributed by atoms with Gasteiger partial charge in [-0.05, 0) is 54.3 Å². The van der Waals surface area contributed by atoms with Crippen molar-refractivity contribution in [2.75, 3.05) is 13.2 Å². The van der Waals surface area contributed by atoms with Gasteiger partial charge in [-0.15, -0.1) is 0 Å².